The molecular weight excluding hydrogens is 368 g/mol. The van der Waals surface area contributed by atoms with E-state index in [1.54, 1.807) is 55.6 Å². The third-order valence-electron chi connectivity index (χ3n) is 4.52. The second-order valence-electron chi connectivity index (χ2n) is 6.45. The van der Waals surface area contributed by atoms with Gasteiger partial charge in [-0.3, -0.25) is 9.59 Å². The summed E-state index contributed by atoms with van der Waals surface area (Å²) in [6.45, 7) is 0. The molecule has 29 heavy (non-hydrogen) atoms. The number of hydrogen-bond donors (Lipinski definition) is 0. The monoisotopic (exact) mass is 386 g/mol. The summed E-state index contributed by atoms with van der Waals surface area (Å²) in [4.78, 5) is 25.6. The number of para-hydroxylation sites is 1. The lowest BCUT2D eigenvalue weighted by Gasteiger charge is -2.11. The van der Waals surface area contributed by atoms with Crippen LogP contribution in [0.3, 0.4) is 0 Å². The van der Waals surface area contributed by atoms with Gasteiger partial charge in [0.2, 0.25) is 11.2 Å². The fourth-order valence-electron chi connectivity index (χ4n) is 3.06. The van der Waals surface area contributed by atoms with Crippen molar-refractivity contribution >= 4 is 16.9 Å². The van der Waals surface area contributed by atoms with Crippen molar-refractivity contribution in [3.05, 3.63) is 94.6 Å². The molecule has 0 aliphatic heterocycles. The zero-order valence-corrected chi connectivity index (χ0v) is 15.8. The molecule has 4 aromatic rings. The van der Waals surface area contributed by atoms with Gasteiger partial charge >= 0.3 is 5.97 Å². The maximum Gasteiger partial charge on any atom is 0.315 e. The van der Waals surface area contributed by atoms with Crippen LogP contribution in [0.4, 0.5) is 0 Å². The van der Waals surface area contributed by atoms with Gasteiger partial charge in [0.15, 0.2) is 5.76 Å². The van der Waals surface area contributed by atoms with Crippen molar-refractivity contribution < 1.29 is 18.7 Å². The smallest absolute Gasteiger partial charge is 0.315 e. The van der Waals surface area contributed by atoms with Gasteiger partial charge in [0, 0.05) is 5.56 Å². The summed E-state index contributed by atoms with van der Waals surface area (Å²) in [6, 6.07) is 23.1. The van der Waals surface area contributed by atoms with Crippen molar-refractivity contribution in [3.63, 3.8) is 0 Å². The minimum absolute atomic E-state index is 0.0508. The van der Waals surface area contributed by atoms with Crippen molar-refractivity contribution in [2.24, 2.45) is 0 Å². The maximum absolute atomic E-state index is 13.1. The summed E-state index contributed by atoms with van der Waals surface area (Å²) in [7, 11) is 1.57. The van der Waals surface area contributed by atoms with E-state index in [0.29, 0.717) is 22.3 Å². The second kappa shape index (κ2) is 8.02. The Morgan fingerprint density at radius 1 is 0.897 bits per heavy atom. The Bertz CT molecular complexity index is 1210. The maximum atomic E-state index is 13.1. The van der Waals surface area contributed by atoms with E-state index < -0.39 is 5.97 Å². The second-order valence-corrected chi connectivity index (χ2v) is 6.45. The summed E-state index contributed by atoms with van der Waals surface area (Å²) in [5.41, 5.74) is 1.44. The minimum Gasteiger partial charge on any atom is -0.497 e. The van der Waals surface area contributed by atoms with Crippen molar-refractivity contribution in [1.29, 1.82) is 0 Å². The van der Waals surface area contributed by atoms with E-state index in [9.17, 15) is 9.59 Å². The van der Waals surface area contributed by atoms with Crippen LogP contribution in [0.25, 0.3) is 22.3 Å². The van der Waals surface area contributed by atoms with Crippen LogP contribution < -0.4 is 14.9 Å². The van der Waals surface area contributed by atoms with Crippen LogP contribution >= 0.6 is 0 Å². The van der Waals surface area contributed by atoms with E-state index in [1.165, 1.54) is 0 Å². The summed E-state index contributed by atoms with van der Waals surface area (Å²) < 4.78 is 16.7. The van der Waals surface area contributed by atoms with E-state index in [1.807, 2.05) is 30.3 Å². The summed E-state index contributed by atoms with van der Waals surface area (Å²) in [6.07, 6.45) is 0.0508. The minimum atomic E-state index is -0.534. The molecule has 0 N–H and O–H groups in total. The molecule has 144 valence electrons. The number of rotatable bonds is 5. The highest BCUT2D eigenvalue weighted by Gasteiger charge is 2.20. The standard InChI is InChI=1S/C24H18O5/c1-27-18-13-11-17(12-14-18)23-24(22(26)19-9-5-6-10-20(19)28-23)29-21(25)15-16-7-3-2-4-8-16/h2-14H,15H2,1H3. The van der Waals surface area contributed by atoms with Crippen molar-refractivity contribution in [2.45, 2.75) is 6.42 Å². The summed E-state index contributed by atoms with van der Waals surface area (Å²) >= 11 is 0. The van der Waals surface area contributed by atoms with Gasteiger partial charge in [-0.1, -0.05) is 42.5 Å². The van der Waals surface area contributed by atoms with E-state index in [-0.39, 0.29) is 23.4 Å². The first kappa shape index (κ1) is 18.5. The SMILES string of the molecule is COc1ccc(-c2oc3ccccc3c(=O)c2OC(=O)Cc2ccccc2)cc1. The molecule has 0 saturated heterocycles. The number of esters is 1. The van der Waals surface area contributed by atoms with E-state index >= 15 is 0 Å². The molecule has 0 unspecified atom stereocenters. The quantitative estimate of drug-likeness (QED) is 0.469. The van der Waals surface area contributed by atoms with Crippen LogP contribution in [0.5, 0.6) is 11.5 Å². The predicted molar refractivity (Wildman–Crippen MR) is 110 cm³/mol. The van der Waals surface area contributed by atoms with Crippen molar-refractivity contribution in [1.82, 2.24) is 0 Å². The third kappa shape index (κ3) is 3.89. The fourth-order valence-corrected chi connectivity index (χ4v) is 3.06. The summed E-state index contributed by atoms with van der Waals surface area (Å²) in [5.74, 6) is 0.223. The Labute approximate surface area is 167 Å². The Balaban J connectivity index is 1.78. The normalized spacial score (nSPS) is 10.7. The summed E-state index contributed by atoms with van der Waals surface area (Å²) in [5, 5.41) is 0.354. The average molecular weight is 386 g/mol. The van der Waals surface area contributed by atoms with Crippen LogP contribution in [-0.2, 0) is 11.2 Å². The molecule has 0 aliphatic carbocycles. The Hall–Kier alpha value is -3.86. The molecular formula is C24H18O5. The average Bonchev–Trinajstić information content (AvgIpc) is 2.76. The molecule has 0 atom stereocenters. The third-order valence-corrected chi connectivity index (χ3v) is 4.52. The van der Waals surface area contributed by atoms with Crippen LogP contribution in [0.15, 0.2) is 88.1 Å². The largest absolute Gasteiger partial charge is 0.497 e. The lowest BCUT2D eigenvalue weighted by atomic mass is 10.1. The van der Waals surface area contributed by atoms with E-state index in [4.69, 9.17) is 13.9 Å². The molecule has 0 saturated carbocycles. The van der Waals surface area contributed by atoms with E-state index in [2.05, 4.69) is 0 Å². The molecule has 4 rings (SSSR count). The molecule has 0 spiro atoms. The van der Waals surface area contributed by atoms with Gasteiger partial charge in [-0.25, -0.2) is 0 Å². The predicted octanol–water partition coefficient (Wildman–Crippen LogP) is 4.62. The molecule has 1 heterocycles. The first-order valence-electron chi connectivity index (χ1n) is 9.10. The van der Waals surface area contributed by atoms with Gasteiger partial charge in [-0.15, -0.1) is 0 Å². The van der Waals surface area contributed by atoms with Crippen LogP contribution in [0, 0.1) is 0 Å². The highest BCUT2D eigenvalue weighted by molar-refractivity contribution is 5.84. The molecule has 0 amide bonds. The Morgan fingerprint density at radius 3 is 2.31 bits per heavy atom. The Morgan fingerprint density at radius 2 is 1.59 bits per heavy atom. The molecule has 0 bridgehead atoms. The zero-order valence-electron chi connectivity index (χ0n) is 15.8. The van der Waals surface area contributed by atoms with Crippen molar-refractivity contribution in [2.75, 3.05) is 7.11 Å². The molecule has 0 fully saturated rings. The molecule has 5 heteroatoms. The molecule has 3 aromatic carbocycles. The Kier molecular flexibility index (Phi) is 5.12. The molecule has 0 radical (unpaired) electrons. The van der Waals surface area contributed by atoms with Crippen LogP contribution in [-0.4, -0.2) is 13.1 Å². The molecule has 0 aliphatic rings. The lowest BCUT2D eigenvalue weighted by molar-refractivity contribution is -0.133. The highest BCUT2D eigenvalue weighted by atomic mass is 16.5. The number of fused-ring (bicyclic) bond motifs is 1. The number of carbonyl (C=O) groups is 1. The van der Waals surface area contributed by atoms with Crippen molar-refractivity contribution in [3.8, 4) is 22.8 Å². The lowest BCUT2D eigenvalue weighted by Crippen LogP contribution is -2.17. The van der Waals surface area contributed by atoms with Gasteiger partial charge in [0.1, 0.15) is 11.3 Å². The number of hydrogen-bond acceptors (Lipinski definition) is 5. The number of methoxy groups -OCH3 is 1. The van der Waals surface area contributed by atoms with Gasteiger partial charge in [-0.05, 0) is 42.0 Å². The molecule has 5 nitrogen and oxygen atoms in total. The van der Waals surface area contributed by atoms with Gasteiger partial charge in [-0.2, -0.15) is 0 Å². The van der Waals surface area contributed by atoms with Gasteiger partial charge in [0.25, 0.3) is 0 Å². The number of benzene rings is 3. The topological polar surface area (TPSA) is 65.7 Å². The van der Waals surface area contributed by atoms with Gasteiger partial charge in [0.05, 0.1) is 18.9 Å². The number of ether oxygens (including phenoxy) is 2. The van der Waals surface area contributed by atoms with Crippen LogP contribution in [0.1, 0.15) is 5.56 Å². The molecule has 1 aromatic heterocycles. The van der Waals surface area contributed by atoms with E-state index in [0.717, 1.165) is 5.56 Å². The van der Waals surface area contributed by atoms with Crippen LogP contribution in [0.2, 0.25) is 0 Å². The zero-order chi connectivity index (χ0) is 20.2. The highest BCUT2D eigenvalue weighted by Crippen LogP contribution is 2.32. The first-order valence-corrected chi connectivity index (χ1v) is 9.10. The number of carbonyl (C=O) groups excluding carboxylic acids is 1. The fraction of sp³-hybridized carbons (Fsp3) is 0.0833. The first-order chi connectivity index (χ1) is 14.2. The van der Waals surface area contributed by atoms with Gasteiger partial charge < -0.3 is 13.9 Å².